The van der Waals surface area contributed by atoms with Gasteiger partial charge in [0.15, 0.2) is 0 Å². The van der Waals surface area contributed by atoms with Gasteiger partial charge in [-0.3, -0.25) is 4.79 Å². The fourth-order valence-electron chi connectivity index (χ4n) is 6.75. The van der Waals surface area contributed by atoms with E-state index in [1.54, 1.807) is 18.4 Å². The minimum atomic E-state index is -0.153. The molecule has 4 heteroatoms. The van der Waals surface area contributed by atoms with Gasteiger partial charge in [0.1, 0.15) is 5.75 Å². The first-order valence-corrected chi connectivity index (χ1v) is 11.4. The summed E-state index contributed by atoms with van der Waals surface area (Å²) >= 11 is 1.77. The first-order chi connectivity index (χ1) is 13.6. The van der Waals surface area contributed by atoms with Gasteiger partial charge in [-0.25, -0.2) is 0 Å². The summed E-state index contributed by atoms with van der Waals surface area (Å²) in [5.74, 6) is 2.63. The van der Waals surface area contributed by atoms with Crippen LogP contribution in [0.5, 0.6) is 5.75 Å². The molecule has 28 heavy (non-hydrogen) atoms. The molecule has 6 rings (SSSR count). The minimum absolute atomic E-state index is 0.153. The van der Waals surface area contributed by atoms with Crippen LogP contribution in [0, 0.1) is 17.3 Å². The third kappa shape index (κ3) is 3.06. The van der Waals surface area contributed by atoms with Crippen molar-refractivity contribution in [3.05, 3.63) is 52.2 Å². The molecule has 4 bridgehead atoms. The van der Waals surface area contributed by atoms with Crippen LogP contribution in [-0.2, 0) is 16.6 Å². The lowest BCUT2D eigenvalue weighted by Crippen LogP contribution is -2.59. The first kappa shape index (κ1) is 18.2. The SMILES string of the molecule is COc1ccc(C23C[C@@H]4C[C@@H](CC(C(=O)NCCc5cccs5)(C4)C2)C3)cc1. The molecule has 1 aromatic heterocycles. The van der Waals surface area contributed by atoms with Crippen molar-refractivity contribution in [3.63, 3.8) is 0 Å². The lowest BCUT2D eigenvalue weighted by Gasteiger charge is -2.61. The number of rotatable bonds is 6. The number of thiophene rings is 1. The molecule has 4 aliphatic carbocycles. The maximum atomic E-state index is 13.4. The van der Waals surface area contributed by atoms with Crippen molar-refractivity contribution in [2.75, 3.05) is 13.7 Å². The number of benzene rings is 1. The van der Waals surface area contributed by atoms with E-state index < -0.39 is 0 Å². The van der Waals surface area contributed by atoms with Gasteiger partial charge in [-0.2, -0.15) is 0 Å². The van der Waals surface area contributed by atoms with Crippen LogP contribution in [-0.4, -0.2) is 19.6 Å². The molecule has 148 valence electrons. The second kappa shape index (κ2) is 6.91. The molecule has 4 saturated carbocycles. The second-order valence-electron chi connectivity index (χ2n) is 9.34. The molecule has 2 aromatic rings. The summed E-state index contributed by atoms with van der Waals surface area (Å²) in [5, 5.41) is 5.42. The van der Waals surface area contributed by atoms with Crippen LogP contribution < -0.4 is 10.1 Å². The number of carbonyl (C=O) groups excluding carboxylic acids is 1. The van der Waals surface area contributed by atoms with Crippen LogP contribution >= 0.6 is 11.3 Å². The van der Waals surface area contributed by atoms with Gasteiger partial charge < -0.3 is 10.1 Å². The number of carbonyl (C=O) groups is 1. The molecule has 0 spiro atoms. The van der Waals surface area contributed by atoms with Crippen LogP contribution in [0.2, 0.25) is 0 Å². The van der Waals surface area contributed by atoms with E-state index in [4.69, 9.17) is 4.74 Å². The number of nitrogens with one attached hydrogen (secondary N) is 1. The molecule has 4 fully saturated rings. The minimum Gasteiger partial charge on any atom is -0.497 e. The van der Waals surface area contributed by atoms with Crippen LogP contribution in [0.1, 0.15) is 49.0 Å². The molecular formula is C24H29NO2S. The molecule has 0 saturated heterocycles. The smallest absolute Gasteiger partial charge is 0.226 e. The summed E-state index contributed by atoms with van der Waals surface area (Å²) in [7, 11) is 1.72. The highest BCUT2D eigenvalue weighted by Crippen LogP contribution is 2.65. The summed E-state index contributed by atoms with van der Waals surface area (Å²) in [6, 6.07) is 12.9. The monoisotopic (exact) mass is 395 g/mol. The lowest BCUT2D eigenvalue weighted by atomic mass is 9.42. The van der Waals surface area contributed by atoms with Crippen molar-refractivity contribution in [1.29, 1.82) is 0 Å². The Balaban J connectivity index is 1.35. The van der Waals surface area contributed by atoms with E-state index in [0.29, 0.717) is 17.7 Å². The van der Waals surface area contributed by atoms with Gasteiger partial charge in [0.25, 0.3) is 0 Å². The summed E-state index contributed by atoms with van der Waals surface area (Å²) < 4.78 is 5.36. The first-order valence-electron chi connectivity index (χ1n) is 10.6. The third-order valence-electron chi connectivity index (χ3n) is 7.48. The second-order valence-corrected chi connectivity index (χ2v) is 10.4. The van der Waals surface area contributed by atoms with Crippen molar-refractivity contribution < 1.29 is 9.53 Å². The molecule has 0 radical (unpaired) electrons. The predicted octanol–water partition coefficient (Wildman–Crippen LogP) is 4.95. The van der Waals surface area contributed by atoms with Crippen molar-refractivity contribution in [2.24, 2.45) is 17.3 Å². The highest BCUT2D eigenvalue weighted by molar-refractivity contribution is 7.09. The van der Waals surface area contributed by atoms with Gasteiger partial charge in [0, 0.05) is 11.4 Å². The van der Waals surface area contributed by atoms with Crippen LogP contribution in [0.3, 0.4) is 0 Å². The maximum absolute atomic E-state index is 13.4. The molecule has 1 heterocycles. The van der Waals surface area contributed by atoms with Crippen LogP contribution in [0.25, 0.3) is 0 Å². The third-order valence-corrected chi connectivity index (χ3v) is 8.42. The fourth-order valence-corrected chi connectivity index (χ4v) is 7.46. The van der Waals surface area contributed by atoms with E-state index in [0.717, 1.165) is 38.0 Å². The Bertz CT molecular complexity index is 828. The zero-order valence-electron chi connectivity index (χ0n) is 16.6. The summed E-state index contributed by atoms with van der Waals surface area (Å²) in [4.78, 5) is 14.7. The van der Waals surface area contributed by atoms with E-state index in [2.05, 4.69) is 47.1 Å². The summed E-state index contributed by atoms with van der Waals surface area (Å²) in [6.45, 7) is 0.756. The number of ether oxygens (including phenoxy) is 1. The summed E-state index contributed by atoms with van der Waals surface area (Å²) in [6.07, 6.45) is 7.96. The van der Waals surface area contributed by atoms with Gasteiger partial charge >= 0.3 is 0 Å². The molecule has 4 atom stereocenters. The maximum Gasteiger partial charge on any atom is 0.226 e. The Morgan fingerprint density at radius 2 is 1.89 bits per heavy atom. The zero-order chi connectivity index (χ0) is 19.2. The molecule has 0 aliphatic heterocycles. The standard InChI is InChI=1S/C24H29NO2S/c1-27-20-6-4-19(5-7-20)23-12-17-11-18(13-23)15-24(14-17,16-23)22(26)25-9-8-21-3-2-10-28-21/h2-7,10,17-18H,8-9,11-16H2,1H3,(H,25,26)/t17-,18+,23?,24?. The Kier molecular flexibility index (Phi) is 4.50. The van der Waals surface area contributed by atoms with E-state index in [-0.39, 0.29) is 10.8 Å². The average molecular weight is 396 g/mol. The molecule has 2 unspecified atom stereocenters. The molecule has 1 aromatic carbocycles. The highest BCUT2D eigenvalue weighted by atomic mass is 32.1. The predicted molar refractivity (Wildman–Crippen MR) is 113 cm³/mol. The summed E-state index contributed by atoms with van der Waals surface area (Å²) in [5.41, 5.74) is 1.44. The fraction of sp³-hybridized carbons (Fsp3) is 0.542. The quantitative estimate of drug-likeness (QED) is 0.751. The zero-order valence-corrected chi connectivity index (χ0v) is 17.4. The molecule has 1 amide bonds. The Morgan fingerprint density at radius 3 is 2.54 bits per heavy atom. The molecule has 1 N–H and O–H groups in total. The number of hydrogen-bond donors (Lipinski definition) is 1. The lowest BCUT2D eigenvalue weighted by molar-refractivity contribution is -0.149. The normalized spacial score (nSPS) is 33.0. The largest absolute Gasteiger partial charge is 0.497 e. The van der Waals surface area contributed by atoms with E-state index in [1.807, 2.05) is 0 Å². The number of amides is 1. The van der Waals surface area contributed by atoms with Gasteiger partial charge in [-0.15, -0.1) is 11.3 Å². The van der Waals surface area contributed by atoms with Crippen molar-refractivity contribution in [3.8, 4) is 5.75 Å². The Morgan fingerprint density at radius 1 is 1.14 bits per heavy atom. The van der Waals surface area contributed by atoms with Crippen molar-refractivity contribution >= 4 is 17.2 Å². The average Bonchev–Trinajstić information content (AvgIpc) is 3.20. The van der Waals surface area contributed by atoms with E-state index in [9.17, 15) is 4.79 Å². The highest BCUT2D eigenvalue weighted by Gasteiger charge is 2.60. The van der Waals surface area contributed by atoms with Crippen LogP contribution in [0.4, 0.5) is 0 Å². The van der Waals surface area contributed by atoms with Gasteiger partial charge in [-0.1, -0.05) is 18.2 Å². The van der Waals surface area contributed by atoms with Gasteiger partial charge in [0.2, 0.25) is 5.91 Å². The molecule has 3 nitrogen and oxygen atoms in total. The Hall–Kier alpha value is -1.81. The van der Waals surface area contributed by atoms with Crippen LogP contribution in [0.15, 0.2) is 41.8 Å². The van der Waals surface area contributed by atoms with E-state index >= 15 is 0 Å². The molecular weight excluding hydrogens is 366 g/mol. The van der Waals surface area contributed by atoms with Crippen molar-refractivity contribution in [2.45, 2.75) is 50.4 Å². The number of methoxy groups -OCH3 is 1. The molecule has 4 aliphatic rings. The van der Waals surface area contributed by atoms with Gasteiger partial charge in [0.05, 0.1) is 12.5 Å². The number of hydrogen-bond acceptors (Lipinski definition) is 3. The topological polar surface area (TPSA) is 38.3 Å². The van der Waals surface area contributed by atoms with Gasteiger partial charge in [-0.05, 0) is 91.3 Å². The van der Waals surface area contributed by atoms with E-state index in [1.165, 1.54) is 29.7 Å². The van der Waals surface area contributed by atoms with Crippen molar-refractivity contribution in [1.82, 2.24) is 5.32 Å². The Labute approximate surface area is 171 Å².